The first kappa shape index (κ1) is 13.8. The van der Waals surface area contributed by atoms with Gasteiger partial charge in [-0.3, -0.25) is 4.79 Å². The van der Waals surface area contributed by atoms with Crippen LogP contribution in [0.3, 0.4) is 0 Å². The van der Waals surface area contributed by atoms with E-state index < -0.39 is 5.97 Å². The number of amides is 2. The Bertz CT molecular complexity index is 268. The van der Waals surface area contributed by atoms with E-state index in [1.54, 1.807) is 0 Å². The number of rotatable bonds is 5. The van der Waals surface area contributed by atoms with E-state index in [0.29, 0.717) is 5.92 Å². The molecular formula is C12H22N2O3. The second-order valence-corrected chi connectivity index (χ2v) is 4.60. The van der Waals surface area contributed by atoms with Gasteiger partial charge in [0.05, 0.1) is 6.42 Å². The Labute approximate surface area is 102 Å². The largest absolute Gasteiger partial charge is 0.481 e. The lowest BCUT2D eigenvalue weighted by Gasteiger charge is -2.31. The van der Waals surface area contributed by atoms with E-state index in [1.165, 1.54) is 12.8 Å². The molecule has 0 aromatic heterocycles. The molecule has 0 bridgehead atoms. The van der Waals surface area contributed by atoms with Gasteiger partial charge in [-0.25, -0.2) is 4.79 Å². The molecule has 2 amide bonds. The topological polar surface area (TPSA) is 78.4 Å². The maximum Gasteiger partial charge on any atom is 0.315 e. The van der Waals surface area contributed by atoms with Crippen LogP contribution in [-0.4, -0.2) is 29.7 Å². The molecule has 2 atom stereocenters. The third-order valence-corrected chi connectivity index (χ3v) is 3.37. The van der Waals surface area contributed by atoms with Gasteiger partial charge in [-0.1, -0.05) is 26.2 Å². The Balaban J connectivity index is 2.26. The Morgan fingerprint density at radius 1 is 1.29 bits per heavy atom. The van der Waals surface area contributed by atoms with E-state index in [-0.39, 0.29) is 25.0 Å². The Morgan fingerprint density at radius 2 is 2.00 bits per heavy atom. The predicted molar refractivity (Wildman–Crippen MR) is 64.8 cm³/mol. The molecule has 0 aliphatic heterocycles. The molecule has 0 spiro atoms. The minimum absolute atomic E-state index is 0.0324. The molecule has 0 radical (unpaired) electrons. The van der Waals surface area contributed by atoms with Gasteiger partial charge in [0.1, 0.15) is 0 Å². The number of carboxylic acids is 1. The van der Waals surface area contributed by atoms with Gasteiger partial charge < -0.3 is 15.7 Å². The van der Waals surface area contributed by atoms with Gasteiger partial charge in [0.15, 0.2) is 0 Å². The van der Waals surface area contributed by atoms with E-state index in [1.807, 2.05) is 0 Å². The number of carbonyl (C=O) groups excluding carboxylic acids is 1. The Hall–Kier alpha value is -1.26. The average molecular weight is 242 g/mol. The fourth-order valence-corrected chi connectivity index (χ4v) is 2.39. The van der Waals surface area contributed by atoms with Crippen molar-refractivity contribution in [3.8, 4) is 0 Å². The highest BCUT2D eigenvalue weighted by atomic mass is 16.4. The van der Waals surface area contributed by atoms with Crippen LogP contribution in [0.5, 0.6) is 0 Å². The smallest absolute Gasteiger partial charge is 0.315 e. The van der Waals surface area contributed by atoms with Crippen LogP contribution in [0.25, 0.3) is 0 Å². The molecule has 1 aliphatic rings. The number of carboxylic acid groups (broad SMARTS) is 1. The molecule has 5 heteroatoms. The molecule has 1 rings (SSSR count). The first-order valence-electron chi connectivity index (χ1n) is 6.39. The molecule has 1 saturated carbocycles. The van der Waals surface area contributed by atoms with Gasteiger partial charge in [-0.15, -0.1) is 0 Å². The van der Waals surface area contributed by atoms with E-state index in [4.69, 9.17) is 5.11 Å². The van der Waals surface area contributed by atoms with E-state index in [0.717, 1.165) is 19.3 Å². The van der Waals surface area contributed by atoms with Crippen molar-refractivity contribution in [2.45, 2.75) is 51.5 Å². The number of hydrogen-bond donors (Lipinski definition) is 3. The summed E-state index contributed by atoms with van der Waals surface area (Å²) in [6.45, 7) is 2.33. The minimum Gasteiger partial charge on any atom is -0.481 e. The lowest BCUT2D eigenvalue weighted by Crippen LogP contribution is -2.47. The summed E-state index contributed by atoms with van der Waals surface area (Å²) in [5, 5.41) is 14.0. The van der Waals surface area contributed by atoms with E-state index >= 15 is 0 Å². The summed E-state index contributed by atoms with van der Waals surface area (Å²) in [5.41, 5.74) is 0. The first-order valence-corrected chi connectivity index (χ1v) is 6.39. The van der Waals surface area contributed by atoms with Crippen LogP contribution in [-0.2, 0) is 4.79 Å². The molecule has 1 fully saturated rings. The minimum atomic E-state index is -0.894. The van der Waals surface area contributed by atoms with Crippen molar-refractivity contribution in [3.05, 3.63) is 0 Å². The van der Waals surface area contributed by atoms with Gasteiger partial charge in [-0.05, 0) is 18.8 Å². The number of hydrogen-bond acceptors (Lipinski definition) is 2. The van der Waals surface area contributed by atoms with Crippen molar-refractivity contribution < 1.29 is 14.7 Å². The SMILES string of the molecule is CCC1CCCCC1NC(=O)NCCC(=O)O. The molecular weight excluding hydrogens is 220 g/mol. The van der Waals surface area contributed by atoms with Crippen LogP contribution < -0.4 is 10.6 Å². The maximum absolute atomic E-state index is 11.5. The quantitative estimate of drug-likeness (QED) is 0.687. The average Bonchev–Trinajstić information content (AvgIpc) is 2.29. The molecule has 3 N–H and O–H groups in total. The third kappa shape index (κ3) is 5.06. The van der Waals surface area contributed by atoms with Crippen LogP contribution in [0.4, 0.5) is 4.79 Å². The highest BCUT2D eigenvalue weighted by Gasteiger charge is 2.24. The summed E-state index contributed by atoms with van der Waals surface area (Å²) in [4.78, 5) is 21.8. The van der Waals surface area contributed by atoms with Crippen molar-refractivity contribution in [2.75, 3.05) is 6.54 Å². The fraction of sp³-hybridized carbons (Fsp3) is 0.833. The van der Waals surface area contributed by atoms with E-state index in [2.05, 4.69) is 17.6 Å². The normalized spacial score (nSPS) is 24.1. The summed E-state index contributed by atoms with van der Waals surface area (Å²) in [6.07, 6.45) is 5.67. The van der Waals surface area contributed by atoms with Crippen LogP contribution in [0.2, 0.25) is 0 Å². The van der Waals surface area contributed by atoms with Crippen LogP contribution in [0.1, 0.15) is 45.4 Å². The summed E-state index contributed by atoms with van der Waals surface area (Å²) in [6, 6.07) is 0.00942. The molecule has 5 nitrogen and oxygen atoms in total. The van der Waals surface area contributed by atoms with E-state index in [9.17, 15) is 9.59 Å². The van der Waals surface area contributed by atoms with Crippen molar-refractivity contribution in [2.24, 2.45) is 5.92 Å². The summed E-state index contributed by atoms with van der Waals surface area (Å²) in [7, 11) is 0. The summed E-state index contributed by atoms with van der Waals surface area (Å²) in [5.74, 6) is -0.330. The zero-order valence-electron chi connectivity index (χ0n) is 10.4. The van der Waals surface area contributed by atoms with Crippen molar-refractivity contribution in [3.63, 3.8) is 0 Å². The fourth-order valence-electron chi connectivity index (χ4n) is 2.39. The van der Waals surface area contributed by atoms with Crippen LogP contribution in [0, 0.1) is 5.92 Å². The Morgan fingerprint density at radius 3 is 2.65 bits per heavy atom. The summed E-state index contributed by atoms with van der Waals surface area (Å²) < 4.78 is 0. The second kappa shape index (κ2) is 7.14. The molecule has 1 aliphatic carbocycles. The molecule has 2 unspecified atom stereocenters. The molecule has 0 aromatic rings. The zero-order valence-corrected chi connectivity index (χ0v) is 10.4. The number of aliphatic carboxylic acids is 1. The number of carbonyl (C=O) groups is 2. The van der Waals surface area contributed by atoms with Crippen molar-refractivity contribution in [1.29, 1.82) is 0 Å². The van der Waals surface area contributed by atoms with Crippen molar-refractivity contribution >= 4 is 12.0 Å². The van der Waals surface area contributed by atoms with Crippen LogP contribution in [0.15, 0.2) is 0 Å². The zero-order chi connectivity index (χ0) is 12.7. The third-order valence-electron chi connectivity index (χ3n) is 3.37. The molecule has 0 saturated heterocycles. The lowest BCUT2D eigenvalue weighted by molar-refractivity contribution is -0.136. The lowest BCUT2D eigenvalue weighted by atomic mass is 9.83. The standard InChI is InChI=1S/C12H22N2O3/c1-2-9-5-3-4-6-10(9)14-12(17)13-8-7-11(15)16/h9-10H,2-8H2,1H3,(H,15,16)(H2,13,14,17). The van der Waals surface area contributed by atoms with Gasteiger partial charge >= 0.3 is 12.0 Å². The maximum atomic E-state index is 11.5. The van der Waals surface area contributed by atoms with Gasteiger partial charge in [0.2, 0.25) is 0 Å². The monoisotopic (exact) mass is 242 g/mol. The second-order valence-electron chi connectivity index (χ2n) is 4.60. The van der Waals surface area contributed by atoms with Gasteiger partial charge in [-0.2, -0.15) is 0 Å². The van der Waals surface area contributed by atoms with Crippen LogP contribution >= 0.6 is 0 Å². The first-order chi connectivity index (χ1) is 8.13. The molecule has 0 heterocycles. The summed E-state index contributed by atoms with van der Waals surface area (Å²) >= 11 is 0. The molecule has 17 heavy (non-hydrogen) atoms. The molecule has 98 valence electrons. The van der Waals surface area contributed by atoms with Crippen molar-refractivity contribution in [1.82, 2.24) is 10.6 Å². The van der Waals surface area contributed by atoms with Gasteiger partial charge in [0.25, 0.3) is 0 Å². The van der Waals surface area contributed by atoms with Gasteiger partial charge in [0, 0.05) is 12.6 Å². The molecule has 0 aromatic carbocycles. The highest BCUT2D eigenvalue weighted by Crippen LogP contribution is 2.26. The number of nitrogens with one attached hydrogen (secondary N) is 2. The number of urea groups is 1. The Kier molecular flexibility index (Phi) is 5.80. The highest BCUT2D eigenvalue weighted by molar-refractivity contribution is 5.75. The predicted octanol–water partition coefficient (Wildman–Crippen LogP) is 1.73.